The van der Waals surface area contributed by atoms with Gasteiger partial charge in [0.2, 0.25) is 0 Å². The Labute approximate surface area is 163 Å². The van der Waals surface area contributed by atoms with Crippen LogP contribution < -0.4 is 21.3 Å². The molecule has 0 fully saturated rings. The van der Waals surface area contributed by atoms with E-state index in [9.17, 15) is 9.59 Å². The summed E-state index contributed by atoms with van der Waals surface area (Å²) in [6, 6.07) is 5.19. The summed E-state index contributed by atoms with van der Waals surface area (Å²) in [6.07, 6.45) is 1.84. The number of aryl methyl sites for hydroxylation is 1. The van der Waals surface area contributed by atoms with Gasteiger partial charge in [0.05, 0.1) is 0 Å². The van der Waals surface area contributed by atoms with Crippen molar-refractivity contribution < 1.29 is 9.59 Å². The SMILES string of the molecule is Cc1ccc(NC(=O)N[C@@H](C)CC(C)C)cc1NC(=O)N[C@H](C)CC(C)C. The van der Waals surface area contributed by atoms with Crippen LogP contribution in [0, 0.1) is 18.8 Å². The Bertz CT molecular complexity index is 629. The van der Waals surface area contributed by atoms with Gasteiger partial charge in [-0.1, -0.05) is 33.8 Å². The molecule has 0 unspecified atom stereocenters. The Morgan fingerprint density at radius 3 is 1.78 bits per heavy atom. The van der Waals surface area contributed by atoms with Crippen LogP contribution in [0.3, 0.4) is 0 Å². The third-order valence-corrected chi connectivity index (χ3v) is 4.15. The Kier molecular flexibility index (Phi) is 9.12. The highest BCUT2D eigenvalue weighted by Gasteiger charge is 2.12. The molecule has 0 saturated carbocycles. The molecule has 0 aromatic heterocycles. The number of amides is 4. The summed E-state index contributed by atoms with van der Waals surface area (Å²) in [7, 11) is 0. The summed E-state index contributed by atoms with van der Waals surface area (Å²) in [6.45, 7) is 14.4. The molecule has 6 heteroatoms. The van der Waals surface area contributed by atoms with Gasteiger partial charge in [-0.05, 0) is 63.1 Å². The van der Waals surface area contributed by atoms with Crippen molar-refractivity contribution in [3.8, 4) is 0 Å². The van der Waals surface area contributed by atoms with Crippen LogP contribution in [0.2, 0.25) is 0 Å². The zero-order valence-electron chi connectivity index (χ0n) is 17.8. The highest BCUT2D eigenvalue weighted by atomic mass is 16.2. The molecule has 0 saturated heterocycles. The van der Waals surface area contributed by atoms with Gasteiger partial charge in [-0.25, -0.2) is 9.59 Å². The van der Waals surface area contributed by atoms with Gasteiger partial charge in [-0.15, -0.1) is 0 Å². The van der Waals surface area contributed by atoms with Crippen molar-refractivity contribution >= 4 is 23.4 Å². The summed E-state index contributed by atoms with van der Waals surface area (Å²) < 4.78 is 0. The van der Waals surface area contributed by atoms with E-state index in [-0.39, 0.29) is 24.1 Å². The van der Waals surface area contributed by atoms with Crippen molar-refractivity contribution in [2.45, 2.75) is 73.4 Å². The highest BCUT2D eigenvalue weighted by Crippen LogP contribution is 2.20. The lowest BCUT2D eigenvalue weighted by atomic mass is 10.1. The van der Waals surface area contributed by atoms with Gasteiger partial charge >= 0.3 is 12.1 Å². The van der Waals surface area contributed by atoms with E-state index in [4.69, 9.17) is 0 Å². The summed E-state index contributed by atoms with van der Waals surface area (Å²) in [5, 5.41) is 11.6. The first-order valence-corrected chi connectivity index (χ1v) is 9.82. The minimum atomic E-state index is -0.243. The molecule has 2 atom stereocenters. The number of anilines is 2. The van der Waals surface area contributed by atoms with Gasteiger partial charge in [0.1, 0.15) is 0 Å². The number of benzene rings is 1. The second-order valence-electron chi connectivity index (χ2n) is 8.29. The third kappa shape index (κ3) is 9.31. The molecule has 6 nitrogen and oxygen atoms in total. The predicted molar refractivity (Wildman–Crippen MR) is 113 cm³/mol. The lowest BCUT2D eigenvalue weighted by Crippen LogP contribution is -2.37. The van der Waals surface area contributed by atoms with Crippen LogP contribution >= 0.6 is 0 Å². The van der Waals surface area contributed by atoms with Gasteiger partial charge in [0.15, 0.2) is 0 Å². The van der Waals surface area contributed by atoms with Crippen molar-refractivity contribution in [2.24, 2.45) is 11.8 Å². The summed E-state index contributed by atoms with van der Waals surface area (Å²) >= 11 is 0. The maximum Gasteiger partial charge on any atom is 0.319 e. The fourth-order valence-electron chi connectivity index (χ4n) is 3.14. The lowest BCUT2D eigenvalue weighted by Gasteiger charge is -2.18. The number of carbonyl (C=O) groups excluding carboxylic acids is 2. The molecule has 27 heavy (non-hydrogen) atoms. The first kappa shape index (κ1) is 22.8. The molecule has 152 valence electrons. The van der Waals surface area contributed by atoms with Crippen LogP contribution in [0.25, 0.3) is 0 Å². The van der Waals surface area contributed by atoms with Crippen molar-refractivity contribution in [3.63, 3.8) is 0 Å². The molecule has 1 aromatic carbocycles. The molecule has 4 N–H and O–H groups in total. The number of rotatable bonds is 8. The average molecular weight is 377 g/mol. The molecule has 0 aliphatic carbocycles. The van der Waals surface area contributed by atoms with Gasteiger partial charge in [-0.2, -0.15) is 0 Å². The van der Waals surface area contributed by atoms with E-state index < -0.39 is 0 Å². The molecule has 4 amide bonds. The number of urea groups is 2. The molecule has 0 heterocycles. The smallest absolute Gasteiger partial charge is 0.319 e. The first-order chi connectivity index (χ1) is 12.6. The molecule has 0 aliphatic heterocycles. The zero-order valence-corrected chi connectivity index (χ0v) is 17.8. The summed E-state index contributed by atoms with van der Waals surface area (Å²) in [4.78, 5) is 24.4. The normalized spacial score (nSPS) is 13.2. The maximum absolute atomic E-state index is 12.2. The fourth-order valence-corrected chi connectivity index (χ4v) is 3.14. The Morgan fingerprint density at radius 2 is 1.30 bits per heavy atom. The Morgan fingerprint density at radius 1 is 0.815 bits per heavy atom. The molecule has 0 radical (unpaired) electrons. The van der Waals surface area contributed by atoms with E-state index in [1.807, 2.05) is 32.9 Å². The van der Waals surface area contributed by atoms with Crippen LogP contribution in [0.5, 0.6) is 0 Å². The molecule has 1 rings (SSSR count). The topological polar surface area (TPSA) is 82.3 Å². The quantitative estimate of drug-likeness (QED) is 0.508. The van der Waals surface area contributed by atoms with Gasteiger partial charge in [-0.3, -0.25) is 0 Å². The van der Waals surface area contributed by atoms with Gasteiger partial charge in [0, 0.05) is 23.5 Å². The molecule has 0 spiro atoms. The Balaban J connectivity index is 2.66. The zero-order chi connectivity index (χ0) is 20.6. The molecule has 0 bridgehead atoms. The monoisotopic (exact) mass is 376 g/mol. The van der Waals surface area contributed by atoms with E-state index >= 15 is 0 Å². The maximum atomic E-state index is 12.2. The molecule has 0 aliphatic rings. The standard InChI is InChI=1S/C21H36N4O2/c1-13(2)10-16(6)22-20(26)24-18-9-8-15(5)19(12-18)25-21(27)23-17(7)11-14(3)4/h8-9,12-14,16-17H,10-11H2,1-7H3,(H2,22,24,26)(H2,23,25,27)/t16-,17+/m0/s1. The van der Waals surface area contributed by atoms with Crippen LogP contribution in [-0.4, -0.2) is 24.1 Å². The van der Waals surface area contributed by atoms with E-state index in [2.05, 4.69) is 49.0 Å². The largest absolute Gasteiger partial charge is 0.335 e. The minimum Gasteiger partial charge on any atom is -0.335 e. The van der Waals surface area contributed by atoms with E-state index in [1.165, 1.54) is 0 Å². The number of hydrogen-bond acceptors (Lipinski definition) is 2. The highest BCUT2D eigenvalue weighted by molar-refractivity contribution is 5.93. The van der Waals surface area contributed by atoms with E-state index in [0.717, 1.165) is 18.4 Å². The van der Waals surface area contributed by atoms with Gasteiger partial charge in [0.25, 0.3) is 0 Å². The second kappa shape index (κ2) is 10.8. The second-order valence-corrected chi connectivity index (χ2v) is 8.29. The van der Waals surface area contributed by atoms with Crippen molar-refractivity contribution in [1.29, 1.82) is 0 Å². The van der Waals surface area contributed by atoms with E-state index in [0.29, 0.717) is 23.2 Å². The fraction of sp³-hybridized carbons (Fsp3) is 0.619. The molecular weight excluding hydrogens is 340 g/mol. The molecular formula is C21H36N4O2. The van der Waals surface area contributed by atoms with Crippen molar-refractivity contribution in [3.05, 3.63) is 23.8 Å². The minimum absolute atomic E-state index is 0.0971. The van der Waals surface area contributed by atoms with Crippen molar-refractivity contribution in [2.75, 3.05) is 10.6 Å². The van der Waals surface area contributed by atoms with Gasteiger partial charge < -0.3 is 21.3 Å². The molecule has 1 aromatic rings. The Hall–Kier alpha value is -2.24. The van der Waals surface area contributed by atoms with Crippen LogP contribution in [-0.2, 0) is 0 Å². The van der Waals surface area contributed by atoms with Crippen LogP contribution in [0.1, 0.15) is 59.9 Å². The van der Waals surface area contributed by atoms with Crippen LogP contribution in [0.4, 0.5) is 21.0 Å². The van der Waals surface area contributed by atoms with Crippen molar-refractivity contribution in [1.82, 2.24) is 10.6 Å². The number of hydrogen-bond donors (Lipinski definition) is 4. The summed E-state index contributed by atoms with van der Waals surface area (Å²) in [5.41, 5.74) is 2.25. The lowest BCUT2D eigenvalue weighted by molar-refractivity contribution is 0.246. The number of nitrogens with one attached hydrogen (secondary N) is 4. The van der Waals surface area contributed by atoms with Crippen LogP contribution in [0.15, 0.2) is 18.2 Å². The average Bonchev–Trinajstić information content (AvgIpc) is 2.48. The third-order valence-electron chi connectivity index (χ3n) is 4.15. The number of carbonyl (C=O) groups is 2. The first-order valence-electron chi connectivity index (χ1n) is 9.82. The predicted octanol–water partition coefficient (Wildman–Crippen LogP) is 5.11. The summed E-state index contributed by atoms with van der Waals surface area (Å²) in [5.74, 6) is 1.04. The van der Waals surface area contributed by atoms with E-state index in [1.54, 1.807) is 6.07 Å².